The molecule has 3 aromatic rings. The largest absolute Gasteiger partial charge is 0.320 e. The van der Waals surface area contributed by atoms with E-state index in [0.717, 1.165) is 4.68 Å². The van der Waals surface area contributed by atoms with E-state index >= 15 is 0 Å². The summed E-state index contributed by atoms with van der Waals surface area (Å²) in [6.07, 6.45) is 0. The highest BCUT2D eigenvalue weighted by Gasteiger charge is 2.11. The van der Waals surface area contributed by atoms with Gasteiger partial charge in [-0.05, 0) is 36.4 Å². The summed E-state index contributed by atoms with van der Waals surface area (Å²) >= 11 is 0. The Labute approximate surface area is 131 Å². The highest BCUT2D eigenvalue weighted by Crippen LogP contribution is 2.10. The molecule has 23 heavy (non-hydrogen) atoms. The van der Waals surface area contributed by atoms with Crippen LogP contribution in [0, 0.1) is 5.82 Å². The number of para-hydroxylation sites is 1. The third kappa shape index (κ3) is 3.32. The van der Waals surface area contributed by atoms with Gasteiger partial charge in [0.15, 0.2) is 0 Å². The summed E-state index contributed by atoms with van der Waals surface area (Å²) in [6, 6.07) is 16.9. The lowest BCUT2D eigenvalue weighted by atomic mass is 10.3. The molecule has 0 aliphatic heterocycles. The van der Waals surface area contributed by atoms with Crippen LogP contribution in [-0.4, -0.2) is 15.7 Å². The SMILES string of the molecule is O=C(Nc1cccc(F)c1)c1ccc(=O)n(-c2ccccc2)n1. The van der Waals surface area contributed by atoms with Gasteiger partial charge in [-0.25, -0.2) is 4.39 Å². The fraction of sp³-hybridized carbons (Fsp3) is 0. The fourth-order valence-corrected chi connectivity index (χ4v) is 2.05. The molecule has 0 saturated heterocycles. The Kier molecular flexibility index (Phi) is 3.97. The molecule has 0 fully saturated rings. The summed E-state index contributed by atoms with van der Waals surface area (Å²) in [6.45, 7) is 0. The van der Waals surface area contributed by atoms with Crippen LogP contribution < -0.4 is 10.9 Å². The van der Waals surface area contributed by atoms with Crippen LogP contribution in [-0.2, 0) is 0 Å². The lowest BCUT2D eigenvalue weighted by molar-refractivity contribution is 0.102. The predicted octanol–water partition coefficient (Wildman–Crippen LogP) is 2.62. The topological polar surface area (TPSA) is 64.0 Å². The molecule has 5 nitrogen and oxygen atoms in total. The summed E-state index contributed by atoms with van der Waals surface area (Å²) in [5.74, 6) is -0.981. The van der Waals surface area contributed by atoms with E-state index in [1.165, 1.54) is 30.3 Å². The number of aromatic nitrogens is 2. The van der Waals surface area contributed by atoms with E-state index in [2.05, 4.69) is 10.4 Å². The molecule has 2 aromatic carbocycles. The van der Waals surface area contributed by atoms with Crippen LogP contribution in [0.1, 0.15) is 10.5 Å². The molecule has 0 aliphatic rings. The molecule has 0 aliphatic carbocycles. The monoisotopic (exact) mass is 309 g/mol. The molecule has 3 rings (SSSR count). The van der Waals surface area contributed by atoms with Gasteiger partial charge in [-0.2, -0.15) is 9.78 Å². The van der Waals surface area contributed by atoms with Gasteiger partial charge in [0.05, 0.1) is 5.69 Å². The summed E-state index contributed by atoms with van der Waals surface area (Å²) < 4.78 is 14.3. The van der Waals surface area contributed by atoms with Crippen molar-refractivity contribution >= 4 is 11.6 Å². The molecule has 0 saturated carbocycles. The Balaban J connectivity index is 1.92. The number of halogens is 1. The highest BCUT2D eigenvalue weighted by atomic mass is 19.1. The average molecular weight is 309 g/mol. The zero-order valence-corrected chi connectivity index (χ0v) is 11.9. The fourth-order valence-electron chi connectivity index (χ4n) is 2.05. The second-order valence-corrected chi connectivity index (χ2v) is 4.77. The number of benzene rings is 2. The third-order valence-electron chi connectivity index (χ3n) is 3.12. The molecule has 114 valence electrons. The van der Waals surface area contributed by atoms with Crippen LogP contribution >= 0.6 is 0 Å². The maximum absolute atomic E-state index is 13.1. The molecule has 1 heterocycles. The van der Waals surface area contributed by atoms with Crippen LogP contribution in [0.3, 0.4) is 0 Å². The Morgan fingerprint density at radius 1 is 1.00 bits per heavy atom. The van der Waals surface area contributed by atoms with Crippen LogP contribution in [0.15, 0.2) is 71.5 Å². The van der Waals surface area contributed by atoms with Gasteiger partial charge >= 0.3 is 0 Å². The molecular formula is C17H12FN3O2. The molecule has 0 spiro atoms. The van der Waals surface area contributed by atoms with Crippen molar-refractivity contribution in [2.24, 2.45) is 0 Å². The molecule has 1 aromatic heterocycles. The molecule has 0 atom stereocenters. The van der Waals surface area contributed by atoms with E-state index in [4.69, 9.17) is 0 Å². The second kappa shape index (κ2) is 6.23. The second-order valence-electron chi connectivity index (χ2n) is 4.77. The van der Waals surface area contributed by atoms with E-state index in [-0.39, 0.29) is 11.3 Å². The molecule has 1 amide bonds. The Morgan fingerprint density at radius 2 is 1.78 bits per heavy atom. The van der Waals surface area contributed by atoms with Gasteiger partial charge in [0.1, 0.15) is 11.5 Å². The van der Waals surface area contributed by atoms with E-state index in [1.807, 2.05) is 6.07 Å². The summed E-state index contributed by atoms with van der Waals surface area (Å²) in [4.78, 5) is 24.1. The van der Waals surface area contributed by atoms with Gasteiger partial charge in [-0.15, -0.1) is 0 Å². The summed E-state index contributed by atoms with van der Waals surface area (Å²) in [7, 11) is 0. The lowest BCUT2D eigenvalue weighted by Gasteiger charge is -2.08. The maximum atomic E-state index is 13.1. The van der Waals surface area contributed by atoms with E-state index in [0.29, 0.717) is 11.4 Å². The first-order valence-electron chi connectivity index (χ1n) is 6.86. The van der Waals surface area contributed by atoms with E-state index in [9.17, 15) is 14.0 Å². The minimum absolute atomic E-state index is 0.0534. The average Bonchev–Trinajstić information content (AvgIpc) is 2.56. The zero-order valence-electron chi connectivity index (χ0n) is 11.9. The number of carbonyl (C=O) groups is 1. The number of carbonyl (C=O) groups excluding carboxylic acids is 1. The van der Waals surface area contributed by atoms with Crippen LogP contribution in [0.4, 0.5) is 10.1 Å². The van der Waals surface area contributed by atoms with Gasteiger partial charge in [-0.1, -0.05) is 24.3 Å². The first-order valence-corrected chi connectivity index (χ1v) is 6.86. The minimum Gasteiger partial charge on any atom is -0.320 e. The van der Waals surface area contributed by atoms with Crippen molar-refractivity contribution in [2.75, 3.05) is 5.32 Å². The van der Waals surface area contributed by atoms with Crippen molar-refractivity contribution < 1.29 is 9.18 Å². The quantitative estimate of drug-likeness (QED) is 0.809. The molecule has 0 radical (unpaired) electrons. The first kappa shape index (κ1) is 14.6. The van der Waals surface area contributed by atoms with Crippen LogP contribution in [0.5, 0.6) is 0 Å². The summed E-state index contributed by atoms with van der Waals surface area (Å²) in [5.41, 5.74) is 0.573. The number of hydrogen-bond acceptors (Lipinski definition) is 3. The normalized spacial score (nSPS) is 10.3. The number of hydrogen-bond donors (Lipinski definition) is 1. The Hall–Kier alpha value is -3.28. The van der Waals surface area contributed by atoms with Gasteiger partial charge < -0.3 is 5.32 Å². The number of nitrogens with zero attached hydrogens (tertiary/aromatic N) is 2. The van der Waals surface area contributed by atoms with Gasteiger partial charge in [-0.3, -0.25) is 9.59 Å². The van der Waals surface area contributed by atoms with Crippen molar-refractivity contribution in [3.63, 3.8) is 0 Å². The molecule has 6 heteroatoms. The zero-order chi connectivity index (χ0) is 16.2. The lowest BCUT2D eigenvalue weighted by Crippen LogP contribution is -2.24. The van der Waals surface area contributed by atoms with Gasteiger partial charge in [0.2, 0.25) is 0 Å². The van der Waals surface area contributed by atoms with E-state index in [1.54, 1.807) is 30.3 Å². The molecular weight excluding hydrogens is 297 g/mol. The van der Waals surface area contributed by atoms with Crippen LogP contribution in [0.25, 0.3) is 5.69 Å². The van der Waals surface area contributed by atoms with Crippen LogP contribution in [0.2, 0.25) is 0 Å². The van der Waals surface area contributed by atoms with Crippen molar-refractivity contribution in [3.8, 4) is 5.69 Å². The molecule has 1 N–H and O–H groups in total. The molecule has 0 unspecified atom stereocenters. The van der Waals surface area contributed by atoms with Crippen molar-refractivity contribution in [3.05, 3.63) is 88.6 Å². The number of rotatable bonds is 3. The smallest absolute Gasteiger partial charge is 0.276 e. The number of anilines is 1. The van der Waals surface area contributed by atoms with Gasteiger partial charge in [0.25, 0.3) is 11.5 Å². The van der Waals surface area contributed by atoms with Crippen molar-refractivity contribution in [1.82, 2.24) is 9.78 Å². The highest BCUT2D eigenvalue weighted by molar-refractivity contribution is 6.02. The Morgan fingerprint density at radius 3 is 2.52 bits per heavy atom. The standard InChI is InChI=1S/C17H12FN3O2/c18-12-5-4-6-13(11-12)19-17(23)15-9-10-16(22)21(20-15)14-7-2-1-3-8-14/h1-11H,(H,19,23). The first-order chi connectivity index (χ1) is 11.1. The van der Waals surface area contributed by atoms with Crippen molar-refractivity contribution in [1.29, 1.82) is 0 Å². The number of nitrogens with one attached hydrogen (secondary N) is 1. The van der Waals surface area contributed by atoms with Gasteiger partial charge in [0, 0.05) is 11.8 Å². The maximum Gasteiger partial charge on any atom is 0.276 e. The summed E-state index contributed by atoms with van der Waals surface area (Å²) in [5, 5.41) is 6.60. The molecule has 0 bridgehead atoms. The number of amides is 1. The van der Waals surface area contributed by atoms with E-state index < -0.39 is 11.7 Å². The minimum atomic E-state index is -0.528. The Bertz CT molecular complexity index is 907. The predicted molar refractivity (Wildman–Crippen MR) is 84.2 cm³/mol. The van der Waals surface area contributed by atoms with Crippen molar-refractivity contribution in [2.45, 2.75) is 0 Å². The third-order valence-corrected chi connectivity index (χ3v) is 3.12.